The Kier molecular flexibility index (Phi) is 4.47. The highest BCUT2D eigenvalue weighted by molar-refractivity contribution is 5.87. The fourth-order valence-electron chi connectivity index (χ4n) is 2.36. The van der Waals surface area contributed by atoms with Crippen LogP contribution >= 0.6 is 0 Å². The summed E-state index contributed by atoms with van der Waals surface area (Å²) in [5.74, 6) is 2.27. The number of hydrogen-bond acceptors (Lipinski definition) is 3. The van der Waals surface area contributed by atoms with E-state index in [4.69, 9.17) is 4.74 Å². The first-order chi connectivity index (χ1) is 11.1. The molecule has 3 aromatic rings. The highest BCUT2D eigenvalue weighted by Crippen LogP contribution is 2.30. The molecule has 0 amide bonds. The van der Waals surface area contributed by atoms with Gasteiger partial charge in [-0.2, -0.15) is 0 Å². The number of anilines is 1. The average molecular weight is 306 g/mol. The summed E-state index contributed by atoms with van der Waals surface area (Å²) in [5, 5.41) is 5.64. The molecule has 1 N–H and O–H groups in total. The van der Waals surface area contributed by atoms with Crippen LogP contribution in [0, 0.1) is 5.92 Å². The molecular formula is C20H22N2O. The van der Waals surface area contributed by atoms with E-state index in [1.807, 2.05) is 42.6 Å². The summed E-state index contributed by atoms with van der Waals surface area (Å²) in [5.41, 5.74) is 1.11. The molecule has 0 fully saturated rings. The molecule has 1 atom stereocenters. The minimum absolute atomic E-state index is 0.437. The molecule has 0 bridgehead atoms. The molecule has 3 rings (SSSR count). The van der Waals surface area contributed by atoms with E-state index in [0.29, 0.717) is 12.0 Å². The molecule has 3 nitrogen and oxygen atoms in total. The third-order valence-corrected chi connectivity index (χ3v) is 4.12. The Bertz CT molecular complexity index is 776. The Morgan fingerprint density at radius 3 is 2.48 bits per heavy atom. The van der Waals surface area contributed by atoms with Crippen LogP contribution in [-0.2, 0) is 0 Å². The molecule has 0 aliphatic carbocycles. The van der Waals surface area contributed by atoms with E-state index in [1.165, 1.54) is 0 Å². The van der Waals surface area contributed by atoms with Gasteiger partial charge in [-0.25, -0.2) is 0 Å². The minimum Gasteiger partial charge on any atom is -0.457 e. The van der Waals surface area contributed by atoms with Crippen LogP contribution in [0.5, 0.6) is 11.5 Å². The van der Waals surface area contributed by atoms with Gasteiger partial charge in [0.15, 0.2) is 0 Å². The van der Waals surface area contributed by atoms with Crippen LogP contribution in [0.4, 0.5) is 5.69 Å². The summed E-state index contributed by atoms with van der Waals surface area (Å²) in [7, 11) is 0. The Hall–Kier alpha value is -2.55. The fourth-order valence-corrected chi connectivity index (χ4v) is 2.36. The van der Waals surface area contributed by atoms with Crippen LogP contribution in [0.25, 0.3) is 10.8 Å². The lowest BCUT2D eigenvalue weighted by molar-refractivity contribution is 0.488. The van der Waals surface area contributed by atoms with Crippen molar-refractivity contribution in [2.24, 2.45) is 5.92 Å². The molecule has 1 heterocycles. The van der Waals surface area contributed by atoms with Crippen molar-refractivity contribution in [3.63, 3.8) is 0 Å². The van der Waals surface area contributed by atoms with Crippen molar-refractivity contribution in [2.75, 3.05) is 5.32 Å². The zero-order valence-corrected chi connectivity index (χ0v) is 13.8. The van der Waals surface area contributed by atoms with Crippen molar-refractivity contribution >= 4 is 16.5 Å². The van der Waals surface area contributed by atoms with Crippen LogP contribution in [0.15, 0.2) is 60.9 Å². The molecule has 3 heteroatoms. The van der Waals surface area contributed by atoms with Crippen LogP contribution < -0.4 is 10.1 Å². The van der Waals surface area contributed by atoms with E-state index in [0.717, 1.165) is 28.0 Å². The predicted molar refractivity (Wildman–Crippen MR) is 96.2 cm³/mol. The standard InChI is InChI=1S/C20H22N2O/c1-14(2)15(3)22-17-7-9-18(10-8-17)23-20-6-4-5-16-13-21-12-11-19(16)20/h4-15,22H,1-3H3. The molecule has 23 heavy (non-hydrogen) atoms. The van der Waals surface area contributed by atoms with Crippen molar-refractivity contribution in [3.8, 4) is 11.5 Å². The normalized spacial score (nSPS) is 12.3. The zero-order valence-electron chi connectivity index (χ0n) is 13.8. The molecule has 0 radical (unpaired) electrons. The van der Waals surface area contributed by atoms with E-state index in [2.05, 4.69) is 43.2 Å². The Morgan fingerprint density at radius 1 is 0.957 bits per heavy atom. The summed E-state index contributed by atoms with van der Waals surface area (Å²) in [6, 6.07) is 16.5. The molecule has 1 aromatic heterocycles. The van der Waals surface area contributed by atoms with Gasteiger partial charge in [0, 0.05) is 34.9 Å². The Morgan fingerprint density at radius 2 is 1.74 bits per heavy atom. The quantitative estimate of drug-likeness (QED) is 0.677. The highest BCUT2D eigenvalue weighted by atomic mass is 16.5. The molecule has 0 aliphatic rings. The number of benzene rings is 2. The first-order valence-corrected chi connectivity index (χ1v) is 8.00. The van der Waals surface area contributed by atoms with Gasteiger partial charge in [-0.05, 0) is 49.2 Å². The summed E-state index contributed by atoms with van der Waals surface area (Å²) >= 11 is 0. The summed E-state index contributed by atoms with van der Waals surface area (Å²) in [4.78, 5) is 4.15. The SMILES string of the molecule is CC(C)C(C)Nc1ccc(Oc2cccc3cnccc23)cc1. The van der Waals surface area contributed by atoms with Gasteiger partial charge in [-0.3, -0.25) is 4.98 Å². The van der Waals surface area contributed by atoms with Gasteiger partial charge in [0.25, 0.3) is 0 Å². The van der Waals surface area contributed by atoms with Gasteiger partial charge in [-0.15, -0.1) is 0 Å². The second-order valence-corrected chi connectivity index (χ2v) is 6.16. The molecule has 0 saturated heterocycles. The maximum absolute atomic E-state index is 6.04. The number of fused-ring (bicyclic) bond motifs is 1. The van der Waals surface area contributed by atoms with E-state index in [9.17, 15) is 0 Å². The molecule has 2 aromatic carbocycles. The van der Waals surface area contributed by atoms with Crippen LogP contribution in [-0.4, -0.2) is 11.0 Å². The second kappa shape index (κ2) is 6.69. The summed E-state index contributed by atoms with van der Waals surface area (Å²) in [6.07, 6.45) is 3.64. The Balaban J connectivity index is 1.78. The van der Waals surface area contributed by atoms with Crippen LogP contribution in [0.2, 0.25) is 0 Å². The Labute approximate surface area is 137 Å². The van der Waals surface area contributed by atoms with Crippen molar-refractivity contribution in [1.29, 1.82) is 0 Å². The van der Waals surface area contributed by atoms with Crippen LogP contribution in [0.3, 0.4) is 0 Å². The lowest BCUT2D eigenvalue weighted by atomic mass is 10.1. The predicted octanol–water partition coefficient (Wildman–Crippen LogP) is 5.48. The number of pyridine rings is 1. The van der Waals surface area contributed by atoms with Gasteiger partial charge in [0.05, 0.1) is 0 Å². The maximum atomic E-state index is 6.04. The number of rotatable bonds is 5. The van der Waals surface area contributed by atoms with E-state index < -0.39 is 0 Å². The molecule has 0 spiro atoms. The van der Waals surface area contributed by atoms with Crippen LogP contribution in [0.1, 0.15) is 20.8 Å². The molecule has 0 saturated carbocycles. The summed E-state index contributed by atoms with van der Waals surface area (Å²) < 4.78 is 6.04. The third kappa shape index (κ3) is 3.62. The van der Waals surface area contributed by atoms with E-state index >= 15 is 0 Å². The first kappa shape index (κ1) is 15.3. The van der Waals surface area contributed by atoms with Gasteiger partial charge < -0.3 is 10.1 Å². The minimum atomic E-state index is 0.437. The van der Waals surface area contributed by atoms with E-state index in [-0.39, 0.29) is 0 Å². The molecule has 0 aliphatic heterocycles. The van der Waals surface area contributed by atoms with E-state index in [1.54, 1.807) is 6.20 Å². The van der Waals surface area contributed by atoms with Crippen molar-refractivity contribution in [3.05, 3.63) is 60.9 Å². The highest BCUT2D eigenvalue weighted by Gasteiger charge is 2.07. The molecule has 1 unspecified atom stereocenters. The van der Waals surface area contributed by atoms with Gasteiger partial charge in [0.1, 0.15) is 11.5 Å². The third-order valence-electron chi connectivity index (χ3n) is 4.12. The molecule has 118 valence electrons. The monoisotopic (exact) mass is 306 g/mol. The lowest BCUT2D eigenvalue weighted by Crippen LogP contribution is -2.21. The van der Waals surface area contributed by atoms with Gasteiger partial charge >= 0.3 is 0 Å². The summed E-state index contributed by atoms with van der Waals surface area (Å²) in [6.45, 7) is 6.62. The van der Waals surface area contributed by atoms with Gasteiger partial charge in [-0.1, -0.05) is 26.0 Å². The fraction of sp³-hybridized carbons (Fsp3) is 0.250. The largest absolute Gasteiger partial charge is 0.457 e. The van der Waals surface area contributed by atoms with Gasteiger partial charge in [0.2, 0.25) is 0 Å². The average Bonchev–Trinajstić information content (AvgIpc) is 2.57. The van der Waals surface area contributed by atoms with Crippen molar-refractivity contribution in [1.82, 2.24) is 4.98 Å². The zero-order chi connectivity index (χ0) is 16.2. The maximum Gasteiger partial charge on any atom is 0.135 e. The number of ether oxygens (including phenoxy) is 1. The lowest BCUT2D eigenvalue weighted by Gasteiger charge is -2.19. The van der Waals surface area contributed by atoms with Crippen molar-refractivity contribution < 1.29 is 4.74 Å². The first-order valence-electron chi connectivity index (χ1n) is 8.00. The van der Waals surface area contributed by atoms with Crippen molar-refractivity contribution in [2.45, 2.75) is 26.8 Å². The number of nitrogens with one attached hydrogen (secondary N) is 1. The smallest absolute Gasteiger partial charge is 0.135 e. The molecular weight excluding hydrogens is 284 g/mol. The number of hydrogen-bond donors (Lipinski definition) is 1. The second-order valence-electron chi connectivity index (χ2n) is 6.16. The number of aromatic nitrogens is 1. The topological polar surface area (TPSA) is 34.1 Å². The number of nitrogens with zero attached hydrogens (tertiary/aromatic N) is 1.